The van der Waals surface area contributed by atoms with Gasteiger partial charge in [0.25, 0.3) is 0 Å². The molecule has 220 valence electrons. The largest absolute Gasteiger partial charge is 0.394 e. The van der Waals surface area contributed by atoms with Gasteiger partial charge >= 0.3 is 5.91 Å². The van der Waals surface area contributed by atoms with Crippen molar-refractivity contribution < 1.29 is 43.5 Å². The summed E-state index contributed by atoms with van der Waals surface area (Å²) < 4.78 is 38.1. The summed E-state index contributed by atoms with van der Waals surface area (Å²) in [6.45, 7) is -1.01. The van der Waals surface area contributed by atoms with Crippen LogP contribution in [0.5, 0.6) is 0 Å². The van der Waals surface area contributed by atoms with Crippen LogP contribution in [0.25, 0.3) is 0 Å². The molecular weight excluding hydrogens is 544 g/mol. The van der Waals surface area contributed by atoms with Crippen molar-refractivity contribution in [2.75, 3.05) is 13.2 Å². The zero-order valence-corrected chi connectivity index (χ0v) is 20.6. The van der Waals surface area contributed by atoms with Crippen molar-refractivity contribution in [1.82, 2.24) is 19.9 Å². The van der Waals surface area contributed by atoms with Gasteiger partial charge in [-0.3, -0.25) is 10.2 Å². The van der Waals surface area contributed by atoms with Crippen molar-refractivity contribution in [1.29, 1.82) is 5.41 Å². The Balaban J connectivity index is 0.000000220. The predicted molar refractivity (Wildman–Crippen MR) is 131 cm³/mol. The van der Waals surface area contributed by atoms with Crippen LogP contribution in [0.2, 0.25) is 0 Å². The number of amides is 1. The number of nitrogens with two attached hydrogens (primary N) is 4. The maximum atomic E-state index is 13.9. The molecule has 2 fully saturated rings. The fourth-order valence-electron chi connectivity index (χ4n) is 3.80. The van der Waals surface area contributed by atoms with Gasteiger partial charge in [0.2, 0.25) is 5.96 Å². The molecule has 0 unspecified atom stereocenters. The Labute approximate surface area is 223 Å². The van der Waals surface area contributed by atoms with Crippen molar-refractivity contribution >= 4 is 23.7 Å². The van der Waals surface area contributed by atoms with E-state index < -0.39 is 80.0 Å². The van der Waals surface area contributed by atoms with Crippen molar-refractivity contribution in [3.63, 3.8) is 0 Å². The van der Waals surface area contributed by atoms with E-state index in [-0.39, 0.29) is 28.9 Å². The lowest BCUT2D eigenvalue weighted by Crippen LogP contribution is -2.30. The van der Waals surface area contributed by atoms with Crippen LogP contribution >= 0.6 is 0 Å². The number of nitrogens with zero attached hydrogens (tertiary/aromatic N) is 4. The van der Waals surface area contributed by atoms with Gasteiger partial charge in [0.15, 0.2) is 35.8 Å². The normalized spacial score (nSPS) is 30.0. The van der Waals surface area contributed by atoms with Gasteiger partial charge in [-0.15, -0.1) is 0 Å². The second-order valence-electron chi connectivity index (χ2n) is 8.52. The third kappa shape index (κ3) is 6.73. The molecule has 20 heteroatoms. The molecule has 4 heterocycles. The molecule has 1 amide bonds. The molecule has 18 nitrogen and oxygen atoms in total. The zero-order chi connectivity index (χ0) is 29.7. The minimum absolute atomic E-state index is 0.105. The fourth-order valence-corrected chi connectivity index (χ4v) is 3.80. The number of imidazole rings is 2. The number of carbonyl (C=O) groups is 1. The lowest BCUT2D eigenvalue weighted by atomic mass is 10.1. The highest BCUT2D eigenvalue weighted by Gasteiger charge is 2.46. The first kappa shape index (κ1) is 30.5. The van der Waals surface area contributed by atoms with Crippen LogP contribution in [0.4, 0.5) is 8.78 Å². The number of aliphatic imine (C=N–C) groups is 2. The third-order valence-electron chi connectivity index (χ3n) is 5.72. The molecule has 8 atom stereocenters. The van der Waals surface area contributed by atoms with Crippen LogP contribution in [0.1, 0.15) is 40.0 Å². The number of aliphatic hydroxyl groups excluding tert-OH is 4. The minimum Gasteiger partial charge on any atom is -0.394 e. The highest BCUT2D eigenvalue weighted by atomic mass is 19.1. The fraction of sp³-hybridized carbons (Fsp3) is 0.500. The SMILES string of the molecule is N=C(N)N=C(N)c1ncc([C@@H]2O[C@H](CO)[C@@H](O)[C@H]2F)[nH]1.NC(N)=NC(=O)c1ncc([C@@H]2O[C@H](CO)[C@@H](O)[C@H]2F)[nH]1. The summed E-state index contributed by atoms with van der Waals surface area (Å²) in [7, 11) is 0. The van der Waals surface area contributed by atoms with Gasteiger partial charge in [-0.05, 0) is 0 Å². The number of alkyl halides is 2. The first-order valence-electron chi connectivity index (χ1n) is 11.5. The number of hydrogen-bond donors (Lipinski definition) is 11. The van der Waals surface area contributed by atoms with Crippen LogP contribution in [-0.4, -0.2) is 114 Å². The summed E-state index contributed by atoms with van der Waals surface area (Å²) in [6, 6.07) is 0. The molecule has 15 N–H and O–H groups in total. The number of aromatic amines is 2. The monoisotopic (exact) mass is 573 g/mol. The van der Waals surface area contributed by atoms with Crippen molar-refractivity contribution in [3.8, 4) is 0 Å². The summed E-state index contributed by atoms with van der Waals surface area (Å²) in [5.41, 5.74) is 21.1. The van der Waals surface area contributed by atoms with E-state index in [1.165, 1.54) is 12.4 Å². The summed E-state index contributed by atoms with van der Waals surface area (Å²) in [5, 5.41) is 43.9. The van der Waals surface area contributed by atoms with Crippen molar-refractivity contribution in [3.05, 3.63) is 35.4 Å². The van der Waals surface area contributed by atoms with Crippen LogP contribution in [-0.2, 0) is 9.47 Å². The van der Waals surface area contributed by atoms with Gasteiger partial charge in [-0.25, -0.2) is 18.7 Å². The maximum absolute atomic E-state index is 13.9. The number of H-pyrrole nitrogens is 2. The number of hydrogen-bond acceptors (Lipinski definition) is 10. The molecule has 0 saturated carbocycles. The Morgan fingerprint density at radius 1 is 0.900 bits per heavy atom. The predicted octanol–water partition coefficient (Wildman–Crippen LogP) is -3.91. The molecule has 0 aromatic carbocycles. The van der Waals surface area contributed by atoms with Crippen LogP contribution in [0.3, 0.4) is 0 Å². The Morgan fingerprint density at radius 2 is 1.35 bits per heavy atom. The first-order valence-corrected chi connectivity index (χ1v) is 11.5. The average Bonchev–Trinajstić information content (AvgIpc) is 3.68. The van der Waals surface area contributed by atoms with Gasteiger partial charge in [0, 0.05) is 0 Å². The highest BCUT2D eigenvalue weighted by molar-refractivity contribution is 6.01. The molecule has 2 aromatic heterocycles. The number of amidine groups is 1. The van der Waals surface area contributed by atoms with Crippen molar-refractivity contribution in [2.24, 2.45) is 32.9 Å². The van der Waals surface area contributed by atoms with E-state index in [1.54, 1.807) is 0 Å². The summed E-state index contributed by atoms with van der Waals surface area (Å²) in [4.78, 5) is 31.0. The molecule has 4 rings (SSSR count). The summed E-state index contributed by atoms with van der Waals surface area (Å²) >= 11 is 0. The minimum atomic E-state index is -1.75. The van der Waals surface area contributed by atoms with E-state index in [2.05, 4.69) is 29.9 Å². The van der Waals surface area contributed by atoms with Gasteiger partial charge in [0.05, 0.1) is 37.0 Å². The lowest BCUT2D eigenvalue weighted by Gasteiger charge is -2.10. The highest BCUT2D eigenvalue weighted by Crippen LogP contribution is 2.35. The summed E-state index contributed by atoms with van der Waals surface area (Å²) in [5.74, 6) is -1.94. The third-order valence-corrected chi connectivity index (χ3v) is 5.72. The smallest absolute Gasteiger partial charge is 0.315 e. The zero-order valence-electron chi connectivity index (χ0n) is 20.6. The van der Waals surface area contributed by atoms with E-state index >= 15 is 0 Å². The molecule has 0 spiro atoms. The number of rotatable bonds is 6. The second kappa shape index (κ2) is 12.8. The molecule has 2 aromatic rings. The molecule has 2 aliphatic rings. The number of aromatic nitrogens is 4. The number of halogens is 2. The Bertz CT molecular complexity index is 1250. The second-order valence-corrected chi connectivity index (χ2v) is 8.52. The standard InChI is InChI=1S/C10H15FN6O3.C10H14FN5O4/c11-5-6(19)4(2-18)20-7(5)3-1-15-9(16-3)8(12)17-10(13)14;11-5-6(18)4(2-17)20-7(5)3-1-14-8(15-3)9(19)16-10(12)13/h1,4-7,18-19H,2H2,(H,15,16)(H5,12,13,14,17);1,4-7,17-18H,2H2,(H,14,15)(H4,12,13,16,19)/t2*4-,5-,6-,7+/m11/s1. The molecule has 0 radical (unpaired) electrons. The first-order chi connectivity index (χ1) is 18.9. The molecular formula is C20H29F2N11O7. The number of nitrogens with one attached hydrogen (secondary N) is 3. The molecule has 2 aliphatic heterocycles. The number of aliphatic hydroxyl groups is 4. The summed E-state index contributed by atoms with van der Waals surface area (Å²) in [6.07, 6.45) is -8.14. The van der Waals surface area contributed by atoms with E-state index in [9.17, 15) is 23.8 Å². The van der Waals surface area contributed by atoms with Gasteiger partial charge in [-0.2, -0.15) is 9.98 Å². The van der Waals surface area contributed by atoms with E-state index in [4.69, 9.17) is 48.0 Å². The van der Waals surface area contributed by atoms with Gasteiger partial charge in [0.1, 0.15) is 36.6 Å². The van der Waals surface area contributed by atoms with E-state index in [1.807, 2.05) is 0 Å². The van der Waals surface area contributed by atoms with E-state index in [0.29, 0.717) is 0 Å². The Hall–Kier alpha value is -4.08. The number of ether oxygens (including phenoxy) is 2. The average molecular weight is 574 g/mol. The van der Waals surface area contributed by atoms with Crippen LogP contribution in [0, 0.1) is 5.41 Å². The van der Waals surface area contributed by atoms with Crippen LogP contribution in [0.15, 0.2) is 22.4 Å². The topological polar surface area (TPSA) is 326 Å². The number of guanidine groups is 2. The maximum Gasteiger partial charge on any atom is 0.315 e. The quantitative estimate of drug-likeness (QED) is 0.116. The van der Waals surface area contributed by atoms with Crippen molar-refractivity contribution in [2.45, 2.75) is 49.0 Å². The van der Waals surface area contributed by atoms with E-state index in [0.717, 1.165) is 0 Å². The Kier molecular flexibility index (Phi) is 9.78. The lowest BCUT2D eigenvalue weighted by molar-refractivity contribution is -0.0236. The molecule has 0 bridgehead atoms. The molecule has 2 saturated heterocycles. The number of carbonyl (C=O) groups excluding carboxylic acids is 1. The van der Waals surface area contributed by atoms with Gasteiger partial charge in [-0.1, -0.05) is 0 Å². The van der Waals surface area contributed by atoms with Crippen LogP contribution < -0.4 is 22.9 Å². The Morgan fingerprint density at radius 3 is 1.75 bits per heavy atom. The molecule has 0 aliphatic carbocycles. The van der Waals surface area contributed by atoms with Gasteiger partial charge < -0.3 is 62.8 Å². The molecule has 40 heavy (non-hydrogen) atoms.